The van der Waals surface area contributed by atoms with Gasteiger partial charge in [0.05, 0.1) is 22.6 Å². The molecule has 0 spiro atoms. The molecule has 1 saturated heterocycles. The van der Waals surface area contributed by atoms with Crippen LogP contribution < -0.4 is 16.0 Å². The number of benzene rings is 2. The van der Waals surface area contributed by atoms with Crippen molar-refractivity contribution in [1.82, 2.24) is 4.98 Å². The van der Waals surface area contributed by atoms with Gasteiger partial charge in [0.2, 0.25) is 0 Å². The third-order valence-electron chi connectivity index (χ3n) is 5.48. The minimum absolute atomic E-state index is 0.181. The van der Waals surface area contributed by atoms with E-state index in [9.17, 15) is 4.79 Å². The van der Waals surface area contributed by atoms with Crippen LogP contribution in [0.25, 0.3) is 21.1 Å². The Balaban J connectivity index is 1.49. The summed E-state index contributed by atoms with van der Waals surface area (Å²) in [6.45, 7) is 2.04. The molecule has 0 aliphatic carbocycles. The van der Waals surface area contributed by atoms with E-state index in [2.05, 4.69) is 21.3 Å². The standard InChI is InChI=1S/C23H22N4OS/c24-20-16-14-15-8-2-3-9-17(15)26-23(16)29-21(20)22(28)25-18-10-4-5-11-19(18)27-12-6-1-7-13-27/h2-5,8-11,14H,1,6-7,12-13,24H2,(H,25,28). The summed E-state index contributed by atoms with van der Waals surface area (Å²) in [5.74, 6) is -0.181. The lowest BCUT2D eigenvalue weighted by Gasteiger charge is -2.30. The van der Waals surface area contributed by atoms with Crippen molar-refractivity contribution in [3.8, 4) is 0 Å². The Hall–Kier alpha value is -3.12. The van der Waals surface area contributed by atoms with Crippen LogP contribution in [0.3, 0.4) is 0 Å². The molecule has 5 nitrogen and oxygen atoms in total. The van der Waals surface area contributed by atoms with Gasteiger partial charge >= 0.3 is 0 Å². The second-order valence-electron chi connectivity index (χ2n) is 7.40. The Labute approximate surface area is 173 Å². The number of carbonyl (C=O) groups excluding carboxylic acids is 1. The Morgan fingerprint density at radius 3 is 2.66 bits per heavy atom. The van der Waals surface area contributed by atoms with Gasteiger partial charge in [-0.3, -0.25) is 4.79 Å². The summed E-state index contributed by atoms with van der Waals surface area (Å²) in [7, 11) is 0. The van der Waals surface area contributed by atoms with Crippen LogP contribution in [0.1, 0.15) is 28.9 Å². The number of amides is 1. The summed E-state index contributed by atoms with van der Waals surface area (Å²) in [5.41, 5.74) is 9.67. The number of anilines is 3. The first-order chi connectivity index (χ1) is 14.2. The maximum absolute atomic E-state index is 13.1. The molecule has 0 bridgehead atoms. The largest absolute Gasteiger partial charge is 0.397 e. The fourth-order valence-corrected chi connectivity index (χ4v) is 4.96. The van der Waals surface area contributed by atoms with Crippen LogP contribution in [0, 0.1) is 0 Å². The van der Waals surface area contributed by atoms with E-state index in [1.54, 1.807) is 0 Å². The number of para-hydroxylation sites is 3. The number of nitrogens with two attached hydrogens (primary N) is 1. The molecule has 6 heteroatoms. The van der Waals surface area contributed by atoms with Gasteiger partial charge in [0, 0.05) is 23.9 Å². The predicted molar refractivity (Wildman–Crippen MR) is 122 cm³/mol. The monoisotopic (exact) mass is 402 g/mol. The van der Waals surface area contributed by atoms with Gasteiger partial charge in [-0.15, -0.1) is 11.3 Å². The fraction of sp³-hybridized carbons (Fsp3) is 0.217. The van der Waals surface area contributed by atoms with Crippen molar-refractivity contribution in [2.75, 3.05) is 29.0 Å². The number of nitrogens with zero attached hydrogens (tertiary/aromatic N) is 2. The summed E-state index contributed by atoms with van der Waals surface area (Å²) < 4.78 is 0. The third kappa shape index (κ3) is 3.29. The van der Waals surface area contributed by atoms with Crippen LogP contribution in [0.5, 0.6) is 0 Å². The number of aromatic nitrogens is 1. The average Bonchev–Trinajstić information content (AvgIpc) is 3.09. The van der Waals surface area contributed by atoms with Crippen LogP contribution in [-0.4, -0.2) is 24.0 Å². The highest BCUT2D eigenvalue weighted by Gasteiger charge is 2.20. The molecule has 4 aromatic rings. The van der Waals surface area contributed by atoms with E-state index < -0.39 is 0 Å². The van der Waals surface area contributed by atoms with Crippen LogP contribution >= 0.6 is 11.3 Å². The molecular formula is C23H22N4OS. The van der Waals surface area contributed by atoms with E-state index >= 15 is 0 Å². The third-order valence-corrected chi connectivity index (χ3v) is 6.59. The highest BCUT2D eigenvalue weighted by molar-refractivity contribution is 7.21. The predicted octanol–water partition coefficient (Wildman–Crippen LogP) is 5.27. The first-order valence-corrected chi connectivity index (χ1v) is 10.8. The molecule has 2 aromatic heterocycles. The normalized spacial score (nSPS) is 14.4. The van der Waals surface area contributed by atoms with Crippen LogP contribution in [0.15, 0.2) is 54.6 Å². The van der Waals surface area contributed by atoms with Crippen molar-refractivity contribution in [3.63, 3.8) is 0 Å². The smallest absolute Gasteiger partial charge is 0.268 e. The molecule has 1 amide bonds. The van der Waals surface area contributed by atoms with Gasteiger partial charge in [0.15, 0.2) is 0 Å². The van der Waals surface area contributed by atoms with Crippen LogP contribution in [0.2, 0.25) is 0 Å². The van der Waals surface area contributed by atoms with Gasteiger partial charge in [-0.25, -0.2) is 4.98 Å². The lowest BCUT2D eigenvalue weighted by Crippen LogP contribution is -2.30. The number of piperidine rings is 1. The highest BCUT2D eigenvalue weighted by Crippen LogP contribution is 2.36. The zero-order chi connectivity index (χ0) is 19.8. The Kier molecular flexibility index (Phi) is 4.56. The number of pyridine rings is 1. The molecule has 3 N–H and O–H groups in total. The van der Waals surface area contributed by atoms with E-state index in [1.165, 1.54) is 30.6 Å². The summed E-state index contributed by atoms with van der Waals surface area (Å²) in [5, 5.41) is 4.95. The first kappa shape index (κ1) is 17.9. The number of rotatable bonds is 3. The maximum atomic E-state index is 13.1. The van der Waals surface area contributed by atoms with E-state index in [0.29, 0.717) is 10.6 Å². The van der Waals surface area contributed by atoms with E-state index in [1.807, 2.05) is 48.5 Å². The van der Waals surface area contributed by atoms with Crippen molar-refractivity contribution in [2.45, 2.75) is 19.3 Å². The summed E-state index contributed by atoms with van der Waals surface area (Å²) in [4.78, 5) is 21.4. The van der Waals surface area contributed by atoms with Crippen molar-refractivity contribution < 1.29 is 4.79 Å². The van der Waals surface area contributed by atoms with Gasteiger partial charge in [0.1, 0.15) is 9.71 Å². The fourth-order valence-electron chi connectivity index (χ4n) is 3.98. The molecule has 0 unspecified atom stereocenters. The van der Waals surface area contributed by atoms with Crippen LogP contribution in [0.4, 0.5) is 17.1 Å². The van der Waals surface area contributed by atoms with Crippen molar-refractivity contribution in [3.05, 3.63) is 59.5 Å². The molecule has 29 heavy (non-hydrogen) atoms. The molecule has 0 saturated carbocycles. The number of nitrogen functional groups attached to an aromatic ring is 1. The molecule has 3 heterocycles. The molecule has 146 valence electrons. The maximum Gasteiger partial charge on any atom is 0.268 e. The quantitative estimate of drug-likeness (QED) is 0.489. The number of hydrogen-bond acceptors (Lipinski definition) is 5. The number of fused-ring (bicyclic) bond motifs is 2. The van der Waals surface area contributed by atoms with Gasteiger partial charge in [-0.1, -0.05) is 30.3 Å². The van der Waals surface area contributed by atoms with E-state index in [-0.39, 0.29) is 5.91 Å². The Bertz CT molecular complexity index is 1210. The Morgan fingerprint density at radius 2 is 1.79 bits per heavy atom. The average molecular weight is 403 g/mol. The second kappa shape index (κ2) is 7.37. The van der Waals surface area contributed by atoms with Gasteiger partial charge in [-0.05, 0) is 43.5 Å². The van der Waals surface area contributed by atoms with Crippen molar-refractivity contribution in [2.24, 2.45) is 0 Å². The Morgan fingerprint density at radius 1 is 1.03 bits per heavy atom. The molecule has 0 radical (unpaired) electrons. The van der Waals surface area contributed by atoms with Gasteiger partial charge in [-0.2, -0.15) is 0 Å². The zero-order valence-corrected chi connectivity index (χ0v) is 16.8. The second-order valence-corrected chi connectivity index (χ2v) is 8.40. The molecule has 2 aromatic carbocycles. The zero-order valence-electron chi connectivity index (χ0n) is 16.0. The highest BCUT2D eigenvalue weighted by atomic mass is 32.1. The first-order valence-electron chi connectivity index (χ1n) is 9.94. The number of hydrogen-bond donors (Lipinski definition) is 2. The van der Waals surface area contributed by atoms with E-state index in [0.717, 1.165) is 45.6 Å². The molecule has 1 aliphatic heterocycles. The summed E-state index contributed by atoms with van der Waals surface area (Å²) in [6.07, 6.45) is 3.64. The van der Waals surface area contributed by atoms with Crippen molar-refractivity contribution in [1.29, 1.82) is 0 Å². The molecule has 1 aliphatic rings. The molecule has 1 fully saturated rings. The lowest BCUT2D eigenvalue weighted by molar-refractivity contribution is 0.103. The topological polar surface area (TPSA) is 71.2 Å². The molecule has 5 rings (SSSR count). The van der Waals surface area contributed by atoms with Gasteiger partial charge < -0.3 is 16.0 Å². The number of thiophene rings is 1. The van der Waals surface area contributed by atoms with Crippen molar-refractivity contribution >= 4 is 55.4 Å². The lowest BCUT2D eigenvalue weighted by atomic mass is 10.1. The number of carbonyl (C=O) groups is 1. The summed E-state index contributed by atoms with van der Waals surface area (Å²) >= 11 is 1.35. The van der Waals surface area contributed by atoms with Gasteiger partial charge in [0.25, 0.3) is 5.91 Å². The van der Waals surface area contributed by atoms with E-state index in [4.69, 9.17) is 5.73 Å². The minimum Gasteiger partial charge on any atom is -0.397 e. The number of nitrogens with one attached hydrogen (secondary N) is 1. The summed E-state index contributed by atoms with van der Waals surface area (Å²) in [6, 6.07) is 17.9. The minimum atomic E-state index is -0.181. The molecule has 0 atom stereocenters. The van der Waals surface area contributed by atoms with Crippen LogP contribution in [-0.2, 0) is 0 Å². The SMILES string of the molecule is Nc1c(C(=O)Nc2ccccc2N2CCCCC2)sc2nc3ccccc3cc12. The molecular weight excluding hydrogens is 380 g/mol.